The van der Waals surface area contributed by atoms with Crippen LogP contribution in [0.1, 0.15) is 0 Å². The van der Waals surface area contributed by atoms with E-state index in [-0.39, 0.29) is 23.3 Å². The van der Waals surface area contributed by atoms with Gasteiger partial charge in [0.25, 0.3) is 5.56 Å². The minimum Gasteiger partial charge on any atom is -0.394 e. The van der Waals surface area contributed by atoms with Gasteiger partial charge in [-0.1, -0.05) is 0 Å². The SMILES string of the molecule is O=c1c(Br)c(NCC(F)(F)F)cnn1CCO. The molecule has 0 aliphatic rings. The minimum absolute atomic E-state index is 0.0169. The van der Waals surface area contributed by atoms with Crippen molar-refractivity contribution in [3.63, 3.8) is 0 Å². The number of rotatable bonds is 4. The predicted octanol–water partition coefficient (Wildman–Crippen LogP) is 0.972. The molecule has 0 unspecified atom stereocenters. The van der Waals surface area contributed by atoms with Crippen LogP contribution in [0.15, 0.2) is 15.5 Å². The quantitative estimate of drug-likeness (QED) is 0.869. The first kappa shape index (κ1) is 14.0. The van der Waals surface area contributed by atoms with Gasteiger partial charge in [-0.2, -0.15) is 18.3 Å². The summed E-state index contributed by atoms with van der Waals surface area (Å²) in [6.45, 7) is -1.55. The highest BCUT2D eigenvalue weighted by atomic mass is 79.9. The third kappa shape index (κ3) is 4.00. The van der Waals surface area contributed by atoms with Gasteiger partial charge in [-0.3, -0.25) is 4.79 Å². The Labute approximate surface area is 102 Å². The predicted molar refractivity (Wildman–Crippen MR) is 57.8 cm³/mol. The first-order valence-electron chi connectivity index (χ1n) is 4.52. The summed E-state index contributed by atoms with van der Waals surface area (Å²) in [5.41, 5.74) is -0.646. The summed E-state index contributed by atoms with van der Waals surface area (Å²) >= 11 is 2.88. The van der Waals surface area contributed by atoms with Crippen molar-refractivity contribution in [2.24, 2.45) is 0 Å². The zero-order valence-corrected chi connectivity index (χ0v) is 10.0. The van der Waals surface area contributed by atoms with Crippen molar-refractivity contribution < 1.29 is 18.3 Å². The van der Waals surface area contributed by atoms with Gasteiger partial charge in [0.05, 0.1) is 25.0 Å². The average Bonchev–Trinajstić information content (AvgIpc) is 2.23. The van der Waals surface area contributed by atoms with E-state index in [2.05, 4.69) is 26.3 Å². The number of halogens is 4. The van der Waals surface area contributed by atoms with Crippen molar-refractivity contribution in [1.29, 1.82) is 0 Å². The molecule has 5 nitrogen and oxygen atoms in total. The molecular formula is C8H9BrF3N3O2. The van der Waals surface area contributed by atoms with E-state index in [0.29, 0.717) is 0 Å². The molecular weight excluding hydrogens is 307 g/mol. The molecule has 0 saturated heterocycles. The topological polar surface area (TPSA) is 67.2 Å². The van der Waals surface area contributed by atoms with Gasteiger partial charge in [0, 0.05) is 0 Å². The second-order valence-corrected chi connectivity index (χ2v) is 3.89. The molecule has 1 heterocycles. The van der Waals surface area contributed by atoms with Crippen LogP contribution in [0.2, 0.25) is 0 Å². The molecule has 0 aliphatic heterocycles. The van der Waals surface area contributed by atoms with Crippen molar-refractivity contribution in [1.82, 2.24) is 9.78 Å². The van der Waals surface area contributed by atoms with E-state index in [0.717, 1.165) is 10.9 Å². The summed E-state index contributed by atoms with van der Waals surface area (Å²) in [5, 5.41) is 14.3. The van der Waals surface area contributed by atoms with E-state index in [1.54, 1.807) is 0 Å². The average molecular weight is 316 g/mol. The smallest absolute Gasteiger partial charge is 0.394 e. The van der Waals surface area contributed by atoms with Crippen LogP contribution in [0, 0.1) is 0 Å². The third-order valence-electron chi connectivity index (χ3n) is 1.78. The van der Waals surface area contributed by atoms with Crippen molar-refractivity contribution >= 4 is 21.6 Å². The monoisotopic (exact) mass is 315 g/mol. The standard InChI is InChI=1S/C8H9BrF3N3O2/c9-6-5(13-4-8(10,11)12)3-14-15(1-2-16)7(6)17/h3,13,16H,1-2,4H2. The Morgan fingerprint density at radius 2 is 2.18 bits per heavy atom. The molecule has 9 heteroatoms. The number of aliphatic hydroxyl groups is 1. The molecule has 0 saturated carbocycles. The molecule has 0 atom stereocenters. The van der Waals surface area contributed by atoms with Gasteiger partial charge in [0.2, 0.25) is 0 Å². The highest BCUT2D eigenvalue weighted by molar-refractivity contribution is 9.10. The fraction of sp³-hybridized carbons (Fsp3) is 0.500. The highest BCUT2D eigenvalue weighted by Crippen LogP contribution is 2.20. The lowest BCUT2D eigenvalue weighted by Gasteiger charge is -2.11. The van der Waals surface area contributed by atoms with Crippen LogP contribution < -0.4 is 10.9 Å². The minimum atomic E-state index is -4.38. The van der Waals surface area contributed by atoms with Crippen molar-refractivity contribution in [2.75, 3.05) is 18.5 Å². The van der Waals surface area contributed by atoms with Crippen molar-refractivity contribution in [3.05, 3.63) is 21.0 Å². The molecule has 96 valence electrons. The first-order chi connectivity index (χ1) is 7.85. The second-order valence-electron chi connectivity index (χ2n) is 3.09. The van der Waals surface area contributed by atoms with Gasteiger partial charge >= 0.3 is 6.18 Å². The first-order valence-corrected chi connectivity index (χ1v) is 5.31. The Bertz CT molecular complexity index is 447. The number of aromatic nitrogens is 2. The van der Waals surface area contributed by atoms with E-state index < -0.39 is 18.3 Å². The fourth-order valence-electron chi connectivity index (χ4n) is 1.04. The number of nitrogens with zero attached hydrogens (tertiary/aromatic N) is 2. The lowest BCUT2D eigenvalue weighted by Crippen LogP contribution is -2.27. The maximum absolute atomic E-state index is 12.0. The number of hydrogen-bond donors (Lipinski definition) is 2. The van der Waals surface area contributed by atoms with Crippen LogP contribution >= 0.6 is 15.9 Å². The van der Waals surface area contributed by atoms with Crippen LogP contribution in [0.25, 0.3) is 0 Å². The zero-order valence-electron chi connectivity index (χ0n) is 8.46. The maximum Gasteiger partial charge on any atom is 0.405 e. The van der Waals surface area contributed by atoms with Gasteiger partial charge in [-0.25, -0.2) is 4.68 Å². The molecule has 1 rings (SSSR count). The van der Waals surface area contributed by atoms with E-state index in [1.165, 1.54) is 0 Å². The molecule has 2 N–H and O–H groups in total. The molecule has 17 heavy (non-hydrogen) atoms. The summed E-state index contributed by atoms with van der Waals surface area (Å²) in [4.78, 5) is 11.5. The van der Waals surface area contributed by atoms with Gasteiger partial charge in [-0.15, -0.1) is 0 Å². The number of nitrogens with one attached hydrogen (secondary N) is 1. The van der Waals surface area contributed by atoms with Crippen LogP contribution in [0.4, 0.5) is 18.9 Å². The van der Waals surface area contributed by atoms with Crippen LogP contribution in [0.3, 0.4) is 0 Å². The van der Waals surface area contributed by atoms with Crippen LogP contribution in [-0.4, -0.2) is 34.2 Å². The molecule has 0 fully saturated rings. The summed E-state index contributed by atoms with van der Waals surface area (Å²) in [7, 11) is 0. The number of aliphatic hydroxyl groups excluding tert-OH is 1. The lowest BCUT2D eigenvalue weighted by atomic mass is 10.4. The molecule has 0 amide bonds. The van der Waals surface area contributed by atoms with E-state index in [1.807, 2.05) is 0 Å². The molecule has 0 aromatic carbocycles. The number of hydrogen-bond acceptors (Lipinski definition) is 4. The molecule has 1 aromatic rings. The van der Waals surface area contributed by atoms with Crippen LogP contribution in [0.5, 0.6) is 0 Å². The number of anilines is 1. The molecule has 0 radical (unpaired) electrons. The largest absolute Gasteiger partial charge is 0.405 e. The molecule has 0 bridgehead atoms. The Morgan fingerprint density at radius 1 is 1.53 bits per heavy atom. The van der Waals surface area contributed by atoms with E-state index in [4.69, 9.17) is 5.11 Å². The molecule has 0 spiro atoms. The number of alkyl halides is 3. The van der Waals surface area contributed by atoms with E-state index >= 15 is 0 Å². The highest BCUT2D eigenvalue weighted by Gasteiger charge is 2.27. The van der Waals surface area contributed by atoms with Gasteiger partial charge < -0.3 is 10.4 Å². The van der Waals surface area contributed by atoms with Crippen molar-refractivity contribution in [2.45, 2.75) is 12.7 Å². The summed E-state index contributed by atoms with van der Waals surface area (Å²) in [6, 6.07) is 0. The normalized spacial score (nSPS) is 11.6. The molecule has 1 aromatic heterocycles. The van der Waals surface area contributed by atoms with Crippen molar-refractivity contribution in [3.8, 4) is 0 Å². The second kappa shape index (κ2) is 5.50. The lowest BCUT2D eigenvalue weighted by molar-refractivity contribution is -0.115. The summed E-state index contributed by atoms with van der Waals surface area (Å²) in [6.07, 6.45) is -3.29. The Morgan fingerprint density at radius 3 is 2.71 bits per heavy atom. The zero-order chi connectivity index (χ0) is 13.1. The summed E-state index contributed by atoms with van der Waals surface area (Å²) < 4.78 is 36.8. The van der Waals surface area contributed by atoms with E-state index in [9.17, 15) is 18.0 Å². The summed E-state index contributed by atoms with van der Waals surface area (Å²) in [5.74, 6) is 0. The fourth-order valence-corrected chi connectivity index (χ4v) is 1.48. The van der Waals surface area contributed by atoms with Gasteiger partial charge in [0.1, 0.15) is 11.0 Å². The third-order valence-corrected chi connectivity index (χ3v) is 2.54. The Balaban J connectivity index is 2.89. The Hall–Kier alpha value is -1.09. The molecule has 0 aliphatic carbocycles. The Kier molecular flexibility index (Phi) is 4.52. The maximum atomic E-state index is 12.0. The van der Waals surface area contributed by atoms with Gasteiger partial charge in [-0.05, 0) is 15.9 Å². The van der Waals surface area contributed by atoms with Gasteiger partial charge in [0.15, 0.2) is 0 Å². The van der Waals surface area contributed by atoms with Crippen LogP contribution in [-0.2, 0) is 6.54 Å².